The number of amides is 1. The number of ether oxygens (including phenoxy) is 1. The Labute approximate surface area is 125 Å². The van der Waals surface area contributed by atoms with Gasteiger partial charge in [0.2, 0.25) is 5.91 Å². The van der Waals surface area contributed by atoms with Crippen LogP contribution >= 0.6 is 0 Å². The van der Waals surface area contributed by atoms with E-state index in [4.69, 9.17) is 10.5 Å². The third-order valence-electron chi connectivity index (χ3n) is 4.67. The summed E-state index contributed by atoms with van der Waals surface area (Å²) in [5, 5.41) is 4.30. The lowest BCUT2D eigenvalue weighted by Gasteiger charge is -2.36. The van der Waals surface area contributed by atoms with Crippen molar-refractivity contribution in [2.24, 2.45) is 11.7 Å². The van der Waals surface area contributed by atoms with E-state index in [1.807, 2.05) is 21.8 Å². The fourth-order valence-electron chi connectivity index (χ4n) is 3.35. The number of likely N-dealkylation sites (tertiary alicyclic amines) is 1. The van der Waals surface area contributed by atoms with E-state index in [2.05, 4.69) is 5.10 Å². The molecule has 0 aliphatic carbocycles. The van der Waals surface area contributed by atoms with Crippen molar-refractivity contribution >= 4 is 5.91 Å². The Morgan fingerprint density at radius 2 is 2.14 bits per heavy atom. The molecular formula is C15H24N4O2. The van der Waals surface area contributed by atoms with Crippen LogP contribution in [0.4, 0.5) is 0 Å². The molecule has 1 amide bonds. The lowest BCUT2D eigenvalue weighted by molar-refractivity contribution is -0.136. The molecule has 1 aromatic rings. The van der Waals surface area contributed by atoms with Gasteiger partial charge >= 0.3 is 0 Å². The van der Waals surface area contributed by atoms with Gasteiger partial charge in [0.05, 0.1) is 12.1 Å². The number of rotatable bonds is 3. The number of nitrogens with zero attached hydrogens (tertiary/aromatic N) is 3. The highest BCUT2D eigenvalue weighted by Crippen LogP contribution is 2.24. The minimum Gasteiger partial charge on any atom is -0.381 e. The summed E-state index contributed by atoms with van der Waals surface area (Å²) < 4.78 is 7.31. The largest absolute Gasteiger partial charge is 0.381 e. The van der Waals surface area contributed by atoms with Crippen LogP contribution in [-0.4, -0.2) is 52.9 Å². The molecule has 2 atom stereocenters. The Bertz CT molecular complexity index is 456. The SMILES string of the molecule is NC(C(=O)N1CCCC(n2cccn2)C1)C1CCOCC1. The molecule has 2 unspecified atom stereocenters. The first-order valence-electron chi connectivity index (χ1n) is 7.87. The second-order valence-corrected chi connectivity index (χ2v) is 6.04. The fourth-order valence-corrected chi connectivity index (χ4v) is 3.35. The summed E-state index contributed by atoms with van der Waals surface area (Å²) in [4.78, 5) is 14.6. The van der Waals surface area contributed by atoms with Crippen LogP contribution in [0.2, 0.25) is 0 Å². The van der Waals surface area contributed by atoms with Gasteiger partial charge in [-0.3, -0.25) is 9.48 Å². The maximum atomic E-state index is 12.6. The maximum absolute atomic E-state index is 12.6. The molecule has 2 aliphatic rings. The van der Waals surface area contributed by atoms with Crippen molar-refractivity contribution in [1.29, 1.82) is 0 Å². The van der Waals surface area contributed by atoms with E-state index in [0.717, 1.165) is 52.0 Å². The molecule has 3 heterocycles. The minimum atomic E-state index is -0.384. The van der Waals surface area contributed by atoms with Crippen molar-refractivity contribution in [2.75, 3.05) is 26.3 Å². The van der Waals surface area contributed by atoms with E-state index >= 15 is 0 Å². The molecule has 2 N–H and O–H groups in total. The maximum Gasteiger partial charge on any atom is 0.239 e. The second-order valence-electron chi connectivity index (χ2n) is 6.04. The van der Waals surface area contributed by atoms with Crippen LogP contribution < -0.4 is 5.73 Å². The van der Waals surface area contributed by atoms with Gasteiger partial charge in [0.15, 0.2) is 0 Å². The molecule has 2 fully saturated rings. The number of carbonyl (C=O) groups excluding carboxylic acids is 1. The zero-order valence-corrected chi connectivity index (χ0v) is 12.4. The first-order chi connectivity index (χ1) is 10.3. The van der Waals surface area contributed by atoms with Gasteiger partial charge in [-0.2, -0.15) is 5.10 Å². The molecule has 116 valence electrons. The van der Waals surface area contributed by atoms with Gasteiger partial charge in [0.1, 0.15) is 0 Å². The van der Waals surface area contributed by atoms with E-state index in [1.54, 1.807) is 6.20 Å². The van der Waals surface area contributed by atoms with Crippen LogP contribution in [0.3, 0.4) is 0 Å². The highest BCUT2D eigenvalue weighted by atomic mass is 16.5. The van der Waals surface area contributed by atoms with Crippen molar-refractivity contribution in [3.8, 4) is 0 Å². The Hall–Kier alpha value is -1.40. The van der Waals surface area contributed by atoms with Crippen molar-refractivity contribution < 1.29 is 9.53 Å². The van der Waals surface area contributed by atoms with Crippen molar-refractivity contribution in [2.45, 2.75) is 37.8 Å². The van der Waals surface area contributed by atoms with E-state index in [1.165, 1.54) is 0 Å². The molecular weight excluding hydrogens is 268 g/mol. The average molecular weight is 292 g/mol. The predicted octanol–water partition coefficient (Wildman–Crippen LogP) is 0.800. The van der Waals surface area contributed by atoms with Gasteiger partial charge in [-0.05, 0) is 37.7 Å². The van der Waals surface area contributed by atoms with Crippen LogP contribution in [-0.2, 0) is 9.53 Å². The first-order valence-corrected chi connectivity index (χ1v) is 7.87. The Morgan fingerprint density at radius 1 is 1.33 bits per heavy atom. The molecule has 6 heteroatoms. The lowest BCUT2D eigenvalue weighted by atomic mass is 9.91. The number of hydrogen-bond acceptors (Lipinski definition) is 4. The first kappa shape index (κ1) is 14.5. The lowest BCUT2D eigenvalue weighted by Crippen LogP contribution is -2.52. The quantitative estimate of drug-likeness (QED) is 0.894. The third-order valence-corrected chi connectivity index (χ3v) is 4.67. The minimum absolute atomic E-state index is 0.0961. The van der Waals surface area contributed by atoms with Crippen LogP contribution in [0, 0.1) is 5.92 Å². The Balaban J connectivity index is 1.61. The zero-order valence-electron chi connectivity index (χ0n) is 12.4. The van der Waals surface area contributed by atoms with Crippen LogP contribution in [0.25, 0.3) is 0 Å². The normalized spacial score (nSPS) is 25.8. The summed E-state index contributed by atoms with van der Waals surface area (Å²) in [6.45, 7) is 2.98. The molecule has 0 spiro atoms. The highest BCUT2D eigenvalue weighted by molar-refractivity contribution is 5.82. The van der Waals surface area contributed by atoms with Gasteiger partial charge in [-0.25, -0.2) is 0 Å². The van der Waals surface area contributed by atoms with Crippen molar-refractivity contribution in [1.82, 2.24) is 14.7 Å². The summed E-state index contributed by atoms with van der Waals surface area (Å²) >= 11 is 0. The fraction of sp³-hybridized carbons (Fsp3) is 0.733. The van der Waals surface area contributed by atoms with Gasteiger partial charge in [0, 0.05) is 38.7 Å². The van der Waals surface area contributed by atoms with E-state index in [0.29, 0.717) is 0 Å². The molecule has 0 aromatic carbocycles. The standard InChI is InChI=1S/C15H24N4O2/c16-14(12-4-9-21-10-5-12)15(20)18-7-1-3-13(11-18)19-8-2-6-17-19/h2,6,8,12-14H,1,3-5,7,9-11,16H2. The smallest absolute Gasteiger partial charge is 0.239 e. The molecule has 21 heavy (non-hydrogen) atoms. The van der Waals surface area contributed by atoms with Gasteiger partial charge in [0.25, 0.3) is 0 Å². The van der Waals surface area contributed by atoms with Crippen LogP contribution in [0.15, 0.2) is 18.5 Å². The number of nitrogens with two attached hydrogens (primary N) is 1. The molecule has 2 aliphatic heterocycles. The molecule has 6 nitrogen and oxygen atoms in total. The predicted molar refractivity (Wildman–Crippen MR) is 78.6 cm³/mol. The van der Waals surface area contributed by atoms with Gasteiger partial charge in [-0.15, -0.1) is 0 Å². The van der Waals surface area contributed by atoms with Crippen LogP contribution in [0.5, 0.6) is 0 Å². The average Bonchev–Trinajstić information content (AvgIpc) is 3.09. The summed E-state index contributed by atoms with van der Waals surface area (Å²) in [6.07, 6.45) is 7.62. The van der Waals surface area contributed by atoms with Crippen LogP contribution in [0.1, 0.15) is 31.7 Å². The Kier molecular flexibility index (Phi) is 4.55. The summed E-state index contributed by atoms with van der Waals surface area (Å²) in [6, 6.07) is 1.82. The third kappa shape index (κ3) is 3.27. The molecule has 2 saturated heterocycles. The van der Waals surface area contributed by atoms with E-state index in [9.17, 15) is 4.79 Å². The molecule has 1 aromatic heterocycles. The number of aromatic nitrogens is 2. The number of hydrogen-bond donors (Lipinski definition) is 1. The summed E-state index contributed by atoms with van der Waals surface area (Å²) in [5.41, 5.74) is 6.22. The Morgan fingerprint density at radius 3 is 2.86 bits per heavy atom. The molecule has 0 bridgehead atoms. The molecule has 0 radical (unpaired) electrons. The van der Waals surface area contributed by atoms with E-state index in [-0.39, 0.29) is 23.9 Å². The van der Waals surface area contributed by atoms with E-state index < -0.39 is 0 Å². The van der Waals surface area contributed by atoms with Gasteiger partial charge in [-0.1, -0.05) is 0 Å². The highest BCUT2D eigenvalue weighted by Gasteiger charge is 2.32. The molecule has 3 rings (SSSR count). The second kappa shape index (κ2) is 6.58. The topological polar surface area (TPSA) is 73.4 Å². The molecule has 0 saturated carbocycles. The van der Waals surface area contributed by atoms with Gasteiger partial charge < -0.3 is 15.4 Å². The van der Waals surface area contributed by atoms with Crippen molar-refractivity contribution in [3.63, 3.8) is 0 Å². The number of piperidine rings is 1. The van der Waals surface area contributed by atoms with Crippen molar-refractivity contribution in [3.05, 3.63) is 18.5 Å². The monoisotopic (exact) mass is 292 g/mol. The summed E-state index contributed by atoms with van der Waals surface area (Å²) in [5.74, 6) is 0.357. The summed E-state index contributed by atoms with van der Waals surface area (Å²) in [7, 11) is 0. The zero-order chi connectivity index (χ0) is 14.7. The number of carbonyl (C=O) groups is 1.